The summed E-state index contributed by atoms with van der Waals surface area (Å²) < 4.78 is 0. The Labute approximate surface area is 141 Å². The number of pyridine rings is 1. The maximum Gasteiger partial charge on any atom is 0.138 e. The van der Waals surface area contributed by atoms with Gasteiger partial charge in [-0.15, -0.1) is 0 Å². The number of rotatable bonds is 5. The summed E-state index contributed by atoms with van der Waals surface area (Å²) in [6, 6.07) is 12.6. The summed E-state index contributed by atoms with van der Waals surface area (Å²) >= 11 is 1.68. The summed E-state index contributed by atoms with van der Waals surface area (Å²) in [6.45, 7) is 6.20. The van der Waals surface area contributed by atoms with E-state index in [1.807, 2.05) is 19.9 Å². The second kappa shape index (κ2) is 6.77. The molecular formula is C19H22N2OS. The number of aliphatic hydroxyl groups is 1. The number of aromatic nitrogens is 2. The van der Waals surface area contributed by atoms with Crippen molar-refractivity contribution in [2.75, 3.05) is 0 Å². The highest BCUT2D eigenvalue weighted by Crippen LogP contribution is 2.40. The lowest BCUT2D eigenvalue weighted by Crippen LogP contribution is -2.06. The minimum atomic E-state index is -0.526. The summed E-state index contributed by atoms with van der Waals surface area (Å²) in [5.74, 6) is 0.143. The maximum atomic E-state index is 10.6. The van der Waals surface area contributed by atoms with Crippen molar-refractivity contribution in [2.45, 2.75) is 43.1 Å². The van der Waals surface area contributed by atoms with Crippen molar-refractivity contribution in [3.05, 3.63) is 53.9 Å². The minimum absolute atomic E-state index is 0.143. The number of hydrogen-bond acceptors (Lipinski definition) is 3. The smallest absolute Gasteiger partial charge is 0.138 e. The number of nitrogens with one attached hydrogen (secondary N) is 1. The Kier molecular flexibility index (Phi) is 4.74. The van der Waals surface area contributed by atoms with E-state index in [1.54, 1.807) is 18.0 Å². The summed E-state index contributed by atoms with van der Waals surface area (Å²) in [4.78, 5) is 9.94. The van der Waals surface area contributed by atoms with Gasteiger partial charge in [-0.05, 0) is 42.2 Å². The standard InChI is InChI=1S/C19H22N2OS/c1-4-13-7-9-14(10-8-13)23-18-15-6-5-11-20-19(15)21-16(18)17(22)12(2)3/h5-12,17,22H,4H2,1-3H3,(H,20,21). The van der Waals surface area contributed by atoms with Gasteiger partial charge in [0.25, 0.3) is 0 Å². The third-order valence-corrected chi connectivity index (χ3v) is 5.18. The largest absolute Gasteiger partial charge is 0.387 e. The van der Waals surface area contributed by atoms with Crippen LogP contribution in [0, 0.1) is 5.92 Å². The van der Waals surface area contributed by atoms with Gasteiger partial charge in [-0.3, -0.25) is 0 Å². The lowest BCUT2D eigenvalue weighted by Gasteiger charge is -2.15. The first-order valence-corrected chi connectivity index (χ1v) is 8.83. The van der Waals surface area contributed by atoms with Crippen LogP contribution in [0.5, 0.6) is 0 Å². The van der Waals surface area contributed by atoms with E-state index in [0.29, 0.717) is 0 Å². The maximum absolute atomic E-state index is 10.6. The molecule has 1 aromatic carbocycles. The Bertz CT molecular complexity index is 793. The number of aryl methyl sites for hydroxylation is 1. The number of benzene rings is 1. The van der Waals surface area contributed by atoms with Crippen molar-refractivity contribution in [1.82, 2.24) is 9.97 Å². The molecule has 2 aromatic heterocycles. The van der Waals surface area contributed by atoms with Gasteiger partial charge >= 0.3 is 0 Å². The molecule has 2 heterocycles. The summed E-state index contributed by atoms with van der Waals surface area (Å²) in [6.07, 6.45) is 2.29. The van der Waals surface area contributed by atoms with E-state index < -0.39 is 6.10 Å². The first-order chi connectivity index (χ1) is 11.1. The van der Waals surface area contributed by atoms with Crippen LogP contribution in [0.4, 0.5) is 0 Å². The van der Waals surface area contributed by atoms with Crippen molar-refractivity contribution >= 4 is 22.8 Å². The second-order valence-corrected chi connectivity index (χ2v) is 7.14. The second-order valence-electron chi connectivity index (χ2n) is 6.06. The molecule has 3 nitrogen and oxygen atoms in total. The molecule has 0 aliphatic heterocycles. The average Bonchev–Trinajstić information content (AvgIpc) is 2.93. The van der Waals surface area contributed by atoms with Gasteiger partial charge in [-0.25, -0.2) is 4.98 Å². The van der Waals surface area contributed by atoms with Crippen molar-refractivity contribution in [3.63, 3.8) is 0 Å². The van der Waals surface area contributed by atoms with E-state index in [9.17, 15) is 5.11 Å². The molecule has 23 heavy (non-hydrogen) atoms. The Morgan fingerprint density at radius 2 is 1.91 bits per heavy atom. The molecule has 0 spiro atoms. The SMILES string of the molecule is CCc1ccc(Sc2c(C(O)C(C)C)[nH]c3ncccc23)cc1. The van der Waals surface area contributed by atoms with Crippen LogP contribution in [-0.4, -0.2) is 15.1 Å². The van der Waals surface area contributed by atoms with E-state index in [4.69, 9.17) is 0 Å². The van der Waals surface area contributed by atoms with Gasteiger partial charge in [0.1, 0.15) is 5.65 Å². The topological polar surface area (TPSA) is 48.9 Å². The summed E-state index contributed by atoms with van der Waals surface area (Å²) in [5.41, 5.74) is 3.02. The highest BCUT2D eigenvalue weighted by molar-refractivity contribution is 7.99. The molecule has 0 radical (unpaired) electrons. The Morgan fingerprint density at radius 3 is 2.57 bits per heavy atom. The summed E-state index contributed by atoms with van der Waals surface area (Å²) in [5, 5.41) is 11.6. The fourth-order valence-corrected chi connectivity index (χ4v) is 3.64. The van der Waals surface area contributed by atoms with Crippen LogP contribution in [0.15, 0.2) is 52.4 Å². The molecule has 120 valence electrons. The number of H-pyrrole nitrogens is 1. The highest BCUT2D eigenvalue weighted by Gasteiger charge is 2.22. The first-order valence-electron chi connectivity index (χ1n) is 8.01. The lowest BCUT2D eigenvalue weighted by molar-refractivity contribution is 0.120. The Balaban J connectivity index is 2.04. The van der Waals surface area contributed by atoms with E-state index in [-0.39, 0.29) is 5.92 Å². The molecule has 4 heteroatoms. The van der Waals surface area contributed by atoms with Crippen LogP contribution in [0.25, 0.3) is 11.0 Å². The van der Waals surface area contributed by atoms with E-state index in [1.165, 1.54) is 10.5 Å². The number of aliphatic hydroxyl groups excluding tert-OH is 1. The van der Waals surface area contributed by atoms with Crippen LogP contribution in [-0.2, 0) is 6.42 Å². The number of fused-ring (bicyclic) bond motifs is 1. The minimum Gasteiger partial charge on any atom is -0.387 e. The van der Waals surface area contributed by atoms with Crippen molar-refractivity contribution in [1.29, 1.82) is 0 Å². The molecule has 0 saturated heterocycles. The van der Waals surface area contributed by atoms with Gasteiger partial charge in [0.2, 0.25) is 0 Å². The van der Waals surface area contributed by atoms with Crippen LogP contribution in [0.2, 0.25) is 0 Å². The van der Waals surface area contributed by atoms with E-state index >= 15 is 0 Å². The molecule has 3 rings (SSSR count). The van der Waals surface area contributed by atoms with Gasteiger partial charge in [-0.2, -0.15) is 0 Å². The van der Waals surface area contributed by atoms with E-state index in [2.05, 4.69) is 47.2 Å². The first kappa shape index (κ1) is 16.1. The lowest BCUT2D eigenvalue weighted by atomic mass is 10.0. The van der Waals surface area contributed by atoms with Crippen molar-refractivity contribution in [2.24, 2.45) is 5.92 Å². The molecule has 0 fully saturated rings. The van der Waals surface area contributed by atoms with Crippen LogP contribution in [0.1, 0.15) is 38.1 Å². The predicted octanol–water partition coefficient (Wildman–Crippen LogP) is 4.97. The molecular weight excluding hydrogens is 304 g/mol. The molecule has 0 saturated carbocycles. The number of aromatic amines is 1. The zero-order chi connectivity index (χ0) is 16.4. The molecule has 1 atom stereocenters. The fraction of sp³-hybridized carbons (Fsp3) is 0.316. The van der Waals surface area contributed by atoms with Crippen molar-refractivity contribution < 1.29 is 5.11 Å². The van der Waals surface area contributed by atoms with Crippen LogP contribution >= 0.6 is 11.8 Å². The molecule has 0 aliphatic rings. The monoisotopic (exact) mass is 326 g/mol. The zero-order valence-electron chi connectivity index (χ0n) is 13.7. The normalized spacial score (nSPS) is 12.9. The van der Waals surface area contributed by atoms with Crippen LogP contribution < -0.4 is 0 Å². The molecule has 0 aliphatic carbocycles. The van der Waals surface area contributed by atoms with Gasteiger partial charge in [0.05, 0.1) is 11.8 Å². The molecule has 2 N–H and O–H groups in total. The third-order valence-electron chi connectivity index (χ3n) is 4.03. The average molecular weight is 326 g/mol. The fourth-order valence-electron chi connectivity index (χ4n) is 2.58. The number of nitrogens with zero attached hydrogens (tertiary/aromatic N) is 1. The van der Waals surface area contributed by atoms with E-state index in [0.717, 1.165) is 28.0 Å². The van der Waals surface area contributed by atoms with Crippen molar-refractivity contribution in [3.8, 4) is 0 Å². The predicted molar refractivity (Wildman–Crippen MR) is 95.8 cm³/mol. The Morgan fingerprint density at radius 1 is 1.17 bits per heavy atom. The molecule has 3 aromatic rings. The third kappa shape index (κ3) is 3.28. The quantitative estimate of drug-likeness (QED) is 0.696. The number of hydrogen-bond donors (Lipinski definition) is 2. The summed E-state index contributed by atoms with van der Waals surface area (Å²) in [7, 11) is 0. The van der Waals surface area contributed by atoms with Gasteiger partial charge < -0.3 is 10.1 Å². The van der Waals surface area contributed by atoms with Crippen LogP contribution in [0.3, 0.4) is 0 Å². The molecule has 0 bridgehead atoms. The Hall–Kier alpha value is -1.78. The highest BCUT2D eigenvalue weighted by atomic mass is 32.2. The van der Waals surface area contributed by atoms with Gasteiger partial charge in [0.15, 0.2) is 0 Å². The van der Waals surface area contributed by atoms with Gasteiger partial charge in [-0.1, -0.05) is 44.7 Å². The molecule has 1 unspecified atom stereocenters. The zero-order valence-corrected chi connectivity index (χ0v) is 14.5. The van der Waals surface area contributed by atoms with Gasteiger partial charge in [0, 0.05) is 21.4 Å². The molecule has 0 amide bonds.